The molecular formula is C17H13ClN2O4S. The zero-order chi connectivity index (χ0) is 18.0. The molecule has 128 valence electrons. The number of halogens is 1. The van der Waals surface area contributed by atoms with E-state index >= 15 is 0 Å². The summed E-state index contributed by atoms with van der Waals surface area (Å²) in [5, 5.41) is 4.34. The lowest BCUT2D eigenvalue weighted by Gasteiger charge is -2.03. The second-order valence-corrected chi connectivity index (χ2v) is 7.77. The summed E-state index contributed by atoms with van der Waals surface area (Å²) in [4.78, 5) is 11.2. The first kappa shape index (κ1) is 17.2. The summed E-state index contributed by atoms with van der Waals surface area (Å²) in [7, 11) is -3.70. The Morgan fingerprint density at radius 1 is 1.12 bits per heavy atom. The molecule has 0 atom stereocenters. The van der Waals surface area contributed by atoms with Crippen molar-refractivity contribution in [2.75, 3.05) is 0 Å². The number of primary amides is 1. The second kappa shape index (κ2) is 6.70. The van der Waals surface area contributed by atoms with Gasteiger partial charge in [-0.25, -0.2) is 8.42 Å². The van der Waals surface area contributed by atoms with E-state index in [0.717, 1.165) is 0 Å². The predicted molar refractivity (Wildman–Crippen MR) is 92.8 cm³/mol. The monoisotopic (exact) mass is 376 g/mol. The fourth-order valence-electron chi connectivity index (χ4n) is 2.28. The van der Waals surface area contributed by atoms with Gasteiger partial charge in [0.25, 0.3) is 0 Å². The van der Waals surface area contributed by atoms with Gasteiger partial charge in [0.2, 0.25) is 5.91 Å². The van der Waals surface area contributed by atoms with Gasteiger partial charge in [-0.05, 0) is 30.3 Å². The van der Waals surface area contributed by atoms with E-state index in [2.05, 4.69) is 5.16 Å². The highest BCUT2D eigenvalue weighted by atomic mass is 35.5. The number of benzene rings is 2. The Balaban J connectivity index is 1.87. The van der Waals surface area contributed by atoms with Crippen molar-refractivity contribution in [1.29, 1.82) is 0 Å². The maximum Gasteiger partial charge on any atom is 0.248 e. The van der Waals surface area contributed by atoms with Crippen molar-refractivity contribution in [1.82, 2.24) is 5.16 Å². The van der Waals surface area contributed by atoms with Crippen LogP contribution in [-0.2, 0) is 15.6 Å². The van der Waals surface area contributed by atoms with E-state index in [1.165, 1.54) is 24.3 Å². The Bertz CT molecular complexity index is 1040. The Morgan fingerprint density at radius 2 is 1.88 bits per heavy atom. The molecule has 0 unspecified atom stereocenters. The van der Waals surface area contributed by atoms with Crippen LogP contribution in [0.1, 0.15) is 16.1 Å². The molecule has 25 heavy (non-hydrogen) atoms. The van der Waals surface area contributed by atoms with Crippen molar-refractivity contribution in [2.45, 2.75) is 10.6 Å². The summed E-state index contributed by atoms with van der Waals surface area (Å²) in [6, 6.07) is 14.1. The van der Waals surface area contributed by atoms with Crippen LogP contribution in [0.2, 0.25) is 5.02 Å². The summed E-state index contributed by atoms with van der Waals surface area (Å²) in [5.74, 6) is -0.639. The average Bonchev–Trinajstić information content (AvgIpc) is 3.03. The third-order valence-electron chi connectivity index (χ3n) is 3.48. The molecule has 0 aliphatic rings. The third kappa shape index (κ3) is 3.89. The van der Waals surface area contributed by atoms with Gasteiger partial charge in [-0.3, -0.25) is 4.79 Å². The highest BCUT2D eigenvalue weighted by molar-refractivity contribution is 7.90. The molecule has 1 heterocycles. The van der Waals surface area contributed by atoms with Gasteiger partial charge in [0.15, 0.2) is 15.6 Å². The molecule has 0 bridgehead atoms. The smallest absolute Gasteiger partial charge is 0.248 e. The third-order valence-corrected chi connectivity index (χ3v) is 5.37. The second-order valence-electron chi connectivity index (χ2n) is 5.34. The zero-order valence-corrected chi connectivity index (χ0v) is 14.4. The van der Waals surface area contributed by atoms with E-state index in [1.54, 1.807) is 30.3 Å². The molecule has 0 aliphatic heterocycles. The van der Waals surface area contributed by atoms with Gasteiger partial charge in [-0.1, -0.05) is 35.0 Å². The van der Waals surface area contributed by atoms with Crippen molar-refractivity contribution >= 4 is 27.3 Å². The lowest BCUT2D eigenvalue weighted by atomic mass is 10.2. The van der Waals surface area contributed by atoms with Gasteiger partial charge in [0, 0.05) is 22.2 Å². The van der Waals surface area contributed by atoms with Crippen LogP contribution in [0.5, 0.6) is 0 Å². The molecule has 3 rings (SSSR count). The number of hydrogen-bond donors (Lipinski definition) is 1. The standard InChI is InChI=1S/C17H13ClN2O4S/c18-13-5-1-3-11(7-13)16-9-14(20-24-16)10-25(22,23)15-6-2-4-12(8-15)17(19)21/h1-9H,10H2,(H2,19,21). The molecule has 0 saturated heterocycles. The molecule has 0 radical (unpaired) electrons. The molecular weight excluding hydrogens is 364 g/mol. The largest absolute Gasteiger partial charge is 0.366 e. The number of aromatic nitrogens is 1. The van der Waals surface area contributed by atoms with Crippen LogP contribution in [0.3, 0.4) is 0 Å². The number of carbonyl (C=O) groups excluding carboxylic acids is 1. The molecule has 3 aromatic rings. The predicted octanol–water partition coefficient (Wildman–Crippen LogP) is 3.07. The van der Waals surface area contributed by atoms with Crippen LogP contribution in [-0.4, -0.2) is 19.5 Å². The molecule has 0 saturated carbocycles. The van der Waals surface area contributed by atoms with Crippen LogP contribution in [0.4, 0.5) is 0 Å². The summed E-state index contributed by atoms with van der Waals surface area (Å²) in [6.45, 7) is 0. The summed E-state index contributed by atoms with van der Waals surface area (Å²) in [5.41, 5.74) is 6.26. The average molecular weight is 377 g/mol. The van der Waals surface area contributed by atoms with Crippen molar-refractivity contribution in [3.63, 3.8) is 0 Å². The molecule has 8 heteroatoms. The van der Waals surface area contributed by atoms with Crippen molar-refractivity contribution in [2.24, 2.45) is 5.73 Å². The summed E-state index contributed by atoms with van der Waals surface area (Å²) >= 11 is 5.93. The van der Waals surface area contributed by atoms with Gasteiger partial charge in [0.1, 0.15) is 5.75 Å². The Hall–Kier alpha value is -2.64. The van der Waals surface area contributed by atoms with E-state index in [1.807, 2.05) is 0 Å². The number of sulfone groups is 1. The van der Waals surface area contributed by atoms with Crippen molar-refractivity contribution in [3.05, 3.63) is 70.9 Å². The highest BCUT2D eigenvalue weighted by Crippen LogP contribution is 2.25. The van der Waals surface area contributed by atoms with Crippen molar-refractivity contribution in [3.8, 4) is 11.3 Å². The van der Waals surface area contributed by atoms with E-state index in [9.17, 15) is 13.2 Å². The van der Waals surface area contributed by atoms with Gasteiger partial charge in [0.05, 0.1) is 10.6 Å². The van der Waals surface area contributed by atoms with E-state index in [0.29, 0.717) is 16.3 Å². The minimum Gasteiger partial charge on any atom is -0.366 e. The number of nitrogens with zero attached hydrogens (tertiary/aromatic N) is 1. The Labute approximate surface area is 149 Å². The summed E-state index contributed by atoms with van der Waals surface area (Å²) in [6.07, 6.45) is 0. The van der Waals surface area contributed by atoms with Crippen molar-refractivity contribution < 1.29 is 17.7 Å². The van der Waals surface area contributed by atoms with E-state index in [4.69, 9.17) is 21.9 Å². The van der Waals surface area contributed by atoms with Crippen LogP contribution >= 0.6 is 11.6 Å². The molecule has 0 aliphatic carbocycles. The zero-order valence-electron chi connectivity index (χ0n) is 12.8. The quantitative estimate of drug-likeness (QED) is 0.737. The van der Waals surface area contributed by atoms with Gasteiger partial charge < -0.3 is 10.3 Å². The number of rotatable bonds is 5. The molecule has 0 spiro atoms. The molecule has 6 nitrogen and oxygen atoms in total. The topological polar surface area (TPSA) is 103 Å². The number of nitrogens with two attached hydrogens (primary N) is 1. The van der Waals surface area contributed by atoms with Crippen LogP contribution < -0.4 is 5.73 Å². The van der Waals surface area contributed by atoms with Gasteiger partial charge in [-0.2, -0.15) is 0 Å². The first-order valence-corrected chi connectivity index (χ1v) is 9.22. The van der Waals surface area contributed by atoms with E-state index < -0.39 is 15.7 Å². The normalized spacial score (nSPS) is 11.4. The Kier molecular flexibility index (Phi) is 4.61. The number of hydrogen-bond acceptors (Lipinski definition) is 5. The van der Waals surface area contributed by atoms with Crippen LogP contribution in [0.25, 0.3) is 11.3 Å². The Morgan fingerprint density at radius 3 is 2.60 bits per heavy atom. The molecule has 0 fully saturated rings. The first-order chi connectivity index (χ1) is 11.8. The summed E-state index contributed by atoms with van der Waals surface area (Å²) < 4.78 is 30.2. The maximum atomic E-state index is 12.5. The van der Waals surface area contributed by atoms with Gasteiger partial charge in [-0.15, -0.1) is 0 Å². The molecule has 2 aromatic carbocycles. The molecule has 2 N–H and O–H groups in total. The number of carbonyl (C=O) groups is 1. The van der Waals surface area contributed by atoms with Crippen LogP contribution in [0.15, 0.2) is 64.0 Å². The molecule has 1 amide bonds. The van der Waals surface area contributed by atoms with Crippen LogP contribution in [0, 0.1) is 0 Å². The molecule has 1 aromatic heterocycles. The number of amides is 1. The maximum absolute atomic E-state index is 12.5. The van der Waals surface area contributed by atoms with Gasteiger partial charge >= 0.3 is 0 Å². The lowest BCUT2D eigenvalue weighted by molar-refractivity contribution is 0.1000. The minimum absolute atomic E-state index is 0.00361. The lowest BCUT2D eigenvalue weighted by Crippen LogP contribution is -2.12. The fourth-order valence-corrected chi connectivity index (χ4v) is 3.75. The first-order valence-electron chi connectivity index (χ1n) is 7.19. The minimum atomic E-state index is -3.70. The fraction of sp³-hybridized carbons (Fsp3) is 0.0588. The highest BCUT2D eigenvalue weighted by Gasteiger charge is 2.19. The van der Waals surface area contributed by atoms with E-state index in [-0.39, 0.29) is 21.9 Å². The SMILES string of the molecule is NC(=O)c1cccc(S(=O)(=O)Cc2cc(-c3cccc(Cl)c3)on2)c1.